The molecule has 1 N–H and O–H groups in total. The summed E-state index contributed by atoms with van der Waals surface area (Å²) in [4.78, 5) is 4.36. The van der Waals surface area contributed by atoms with E-state index in [9.17, 15) is 0 Å². The quantitative estimate of drug-likeness (QED) is 0.808. The van der Waals surface area contributed by atoms with Crippen LogP contribution in [0.15, 0.2) is 33.0 Å². The lowest BCUT2D eigenvalue weighted by Gasteiger charge is -2.06. The minimum Gasteiger partial charge on any atom is -0.416 e. The van der Waals surface area contributed by atoms with Crippen molar-refractivity contribution in [1.29, 1.82) is 0 Å². The van der Waals surface area contributed by atoms with Crippen LogP contribution in [-0.4, -0.2) is 21.7 Å². The van der Waals surface area contributed by atoms with Crippen LogP contribution >= 0.6 is 11.8 Å². The van der Waals surface area contributed by atoms with Crippen molar-refractivity contribution < 1.29 is 4.42 Å². The molecule has 0 radical (unpaired) electrons. The second-order valence-electron chi connectivity index (χ2n) is 3.83. The molecule has 2 heterocycles. The third-order valence-electron chi connectivity index (χ3n) is 2.28. The van der Waals surface area contributed by atoms with E-state index in [4.69, 9.17) is 4.42 Å². The molecule has 0 aliphatic rings. The van der Waals surface area contributed by atoms with E-state index in [1.54, 1.807) is 13.1 Å². The normalized spacial score (nSPS) is 10.8. The second-order valence-corrected chi connectivity index (χ2v) is 4.77. The van der Waals surface area contributed by atoms with Gasteiger partial charge in [0.1, 0.15) is 5.03 Å². The summed E-state index contributed by atoms with van der Waals surface area (Å²) < 4.78 is 5.35. The first-order valence-corrected chi connectivity index (χ1v) is 6.74. The van der Waals surface area contributed by atoms with E-state index in [0.29, 0.717) is 11.1 Å². The first-order valence-electron chi connectivity index (χ1n) is 5.92. The smallest absolute Gasteiger partial charge is 0.282 e. The van der Waals surface area contributed by atoms with Gasteiger partial charge in [-0.25, -0.2) is 4.98 Å². The summed E-state index contributed by atoms with van der Waals surface area (Å²) in [7, 11) is 0. The number of pyridine rings is 1. The van der Waals surface area contributed by atoms with Crippen LogP contribution in [0.5, 0.6) is 0 Å². The number of aryl methyl sites for hydroxylation is 1. The van der Waals surface area contributed by atoms with Gasteiger partial charge in [0.05, 0.1) is 0 Å². The molecule has 0 aliphatic heterocycles. The van der Waals surface area contributed by atoms with Crippen LogP contribution in [0.4, 0.5) is 0 Å². The number of nitrogens with zero attached hydrogens (tertiary/aromatic N) is 3. The largest absolute Gasteiger partial charge is 0.416 e. The molecule has 0 atom stereocenters. The van der Waals surface area contributed by atoms with Crippen molar-refractivity contribution in [2.45, 2.75) is 37.1 Å². The number of aromatic nitrogens is 3. The van der Waals surface area contributed by atoms with E-state index in [0.717, 1.165) is 30.1 Å². The first kappa shape index (κ1) is 13.0. The van der Waals surface area contributed by atoms with E-state index >= 15 is 0 Å². The fourth-order valence-corrected chi connectivity index (χ4v) is 2.25. The van der Waals surface area contributed by atoms with Crippen molar-refractivity contribution in [2.75, 3.05) is 6.54 Å². The van der Waals surface area contributed by atoms with Gasteiger partial charge in [-0.15, -0.1) is 10.2 Å². The van der Waals surface area contributed by atoms with Gasteiger partial charge in [-0.2, -0.15) is 0 Å². The predicted molar refractivity (Wildman–Crippen MR) is 69.4 cm³/mol. The van der Waals surface area contributed by atoms with Gasteiger partial charge in [0.2, 0.25) is 5.89 Å². The van der Waals surface area contributed by atoms with Crippen molar-refractivity contribution in [1.82, 2.24) is 20.5 Å². The number of hydrogen-bond donors (Lipinski definition) is 1. The van der Waals surface area contributed by atoms with Crippen LogP contribution in [0.3, 0.4) is 0 Å². The lowest BCUT2D eigenvalue weighted by Crippen LogP contribution is -2.14. The van der Waals surface area contributed by atoms with Crippen molar-refractivity contribution in [3.8, 4) is 0 Å². The van der Waals surface area contributed by atoms with Crippen LogP contribution in [0.1, 0.15) is 24.8 Å². The molecule has 0 saturated carbocycles. The maximum Gasteiger partial charge on any atom is 0.282 e. The van der Waals surface area contributed by atoms with Gasteiger partial charge in [0, 0.05) is 19.7 Å². The van der Waals surface area contributed by atoms with E-state index in [1.807, 2.05) is 6.07 Å². The predicted octanol–water partition coefficient (Wildman–Crippen LogP) is 2.42. The van der Waals surface area contributed by atoms with Crippen LogP contribution in [0.2, 0.25) is 0 Å². The lowest BCUT2D eigenvalue weighted by atomic mass is 10.3. The van der Waals surface area contributed by atoms with Crippen LogP contribution in [0, 0.1) is 6.92 Å². The van der Waals surface area contributed by atoms with Gasteiger partial charge in [0.15, 0.2) is 0 Å². The standard InChI is InChI=1S/C12H16N4OS/c1-3-6-13-8-10-5-4-7-14-11(10)18-12-16-15-9(2)17-12/h4-5,7,13H,3,6,8H2,1-2H3. The van der Waals surface area contributed by atoms with Crippen molar-refractivity contribution in [2.24, 2.45) is 0 Å². The molecule has 0 unspecified atom stereocenters. The summed E-state index contributed by atoms with van der Waals surface area (Å²) in [5.41, 5.74) is 1.15. The Morgan fingerprint density at radius 2 is 2.28 bits per heavy atom. The highest BCUT2D eigenvalue weighted by molar-refractivity contribution is 7.99. The molecule has 0 saturated heterocycles. The Labute approximate surface area is 110 Å². The highest BCUT2D eigenvalue weighted by Gasteiger charge is 2.09. The summed E-state index contributed by atoms with van der Waals surface area (Å²) in [6.45, 7) is 5.72. The molecule has 5 nitrogen and oxygen atoms in total. The topological polar surface area (TPSA) is 63.8 Å². The zero-order valence-electron chi connectivity index (χ0n) is 10.5. The van der Waals surface area contributed by atoms with Crippen molar-refractivity contribution >= 4 is 11.8 Å². The molecular weight excluding hydrogens is 248 g/mol. The molecule has 6 heteroatoms. The van der Waals surface area contributed by atoms with Gasteiger partial charge in [-0.05, 0) is 36.4 Å². The summed E-state index contributed by atoms with van der Waals surface area (Å²) in [5, 5.41) is 12.6. The monoisotopic (exact) mass is 264 g/mol. The highest BCUT2D eigenvalue weighted by Crippen LogP contribution is 2.27. The number of nitrogens with one attached hydrogen (secondary N) is 1. The van der Waals surface area contributed by atoms with Gasteiger partial charge in [0.25, 0.3) is 5.22 Å². The Balaban J connectivity index is 2.07. The molecule has 0 aliphatic carbocycles. The molecule has 96 valence electrons. The fourth-order valence-electron chi connectivity index (χ4n) is 1.45. The third kappa shape index (κ3) is 3.54. The number of rotatable bonds is 6. The zero-order valence-corrected chi connectivity index (χ0v) is 11.3. The molecule has 0 bridgehead atoms. The Kier molecular flexibility index (Phi) is 4.72. The zero-order chi connectivity index (χ0) is 12.8. The molecule has 0 spiro atoms. The Morgan fingerprint density at radius 1 is 1.39 bits per heavy atom. The molecule has 0 fully saturated rings. The van der Waals surface area contributed by atoms with E-state index < -0.39 is 0 Å². The van der Waals surface area contributed by atoms with Gasteiger partial charge in [-0.1, -0.05) is 13.0 Å². The third-order valence-corrected chi connectivity index (χ3v) is 3.18. The minimum atomic E-state index is 0.531. The molecule has 0 aromatic carbocycles. The summed E-state index contributed by atoms with van der Waals surface area (Å²) in [6.07, 6.45) is 2.89. The van der Waals surface area contributed by atoms with E-state index in [-0.39, 0.29) is 0 Å². The SMILES string of the molecule is CCCNCc1cccnc1Sc1nnc(C)o1. The minimum absolute atomic E-state index is 0.531. The summed E-state index contributed by atoms with van der Waals surface area (Å²) in [6, 6.07) is 3.99. The maximum atomic E-state index is 5.35. The number of hydrogen-bond acceptors (Lipinski definition) is 6. The summed E-state index contributed by atoms with van der Waals surface area (Å²) >= 11 is 1.40. The van der Waals surface area contributed by atoms with Crippen LogP contribution in [-0.2, 0) is 6.54 Å². The van der Waals surface area contributed by atoms with Crippen LogP contribution in [0.25, 0.3) is 0 Å². The highest BCUT2D eigenvalue weighted by atomic mass is 32.2. The molecule has 0 amide bonds. The van der Waals surface area contributed by atoms with E-state index in [2.05, 4.69) is 33.5 Å². The summed E-state index contributed by atoms with van der Waals surface area (Å²) in [5.74, 6) is 0.569. The molecule has 2 rings (SSSR count). The molecule has 2 aromatic heterocycles. The lowest BCUT2D eigenvalue weighted by molar-refractivity contribution is 0.429. The van der Waals surface area contributed by atoms with Gasteiger partial charge in [-0.3, -0.25) is 0 Å². The maximum absolute atomic E-state index is 5.35. The molecule has 18 heavy (non-hydrogen) atoms. The van der Waals surface area contributed by atoms with Gasteiger partial charge >= 0.3 is 0 Å². The fraction of sp³-hybridized carbons (Fsp3) is 0.417. The van der Waals surface area contributed by atoms with Crippen molar-refractivity contribution in [3.05, 3.63) is 29.8 Å². The molecular formula is C12H16N4OS. The van der Waals surface area contributed by atoms with Crippen molar-refractivity contribution in [3.63, 3.8) is 0 Å². The van der Waals surface area contributed by atoms with Crippen LogP contribution < -0.4 is 5.32 Å². The molecule has 2 aromatic rings. The second kappa shape index (κ2) is 6.51. The average molecular weight is 264 g/mol. The Morgan fingerprint density at radius 3 is 3.00 bits per heavy atom. The van der Waals surface area contributed by atoms with E-state index in [1.165, 1.54) is 11.8 Å². The average Bonchev–Trinajstić information content (AvgIpc) is 2.77. The first-order chi connectivity index (χ1) is 8.79. The van der Waals surface area contributed by atoms with Gasteiger partial charge < -0.3 is 9.73 Å². The Hall–Kier alpha value is -1.40. The Bertz CT molecular complexity index is 500.